The van der Waals surface area contributed by atoms with E-state index in [9.17, 15) is 9.59 Å². The summed E-state index contributed by atoms with van der Waals surface area (Å²) in [6.07, 6.45) is 2.29. The van der Waals surface area contributed by atoms with Crippen LogP contribution in [-0.4, -0.2) is 48.1 Å². The van der Waals surface area contributed by atoms with Gasteiger partial charge in [-0.1, -0.05) is 42.5 Å². The van der Waals surface area contributed by atoms with E-state index in [1.807, 2.05) is 30.3 Å². The molecule has 0 unspecified atom stereocenters. The number of rotatable bonds is 6. The van der Waals surface area contributed by atoms with Crippen molar-refractivity contribution >= 4 is 29.3 Å². The van der Waals surface area contributed by atoms with Crippen LogP contribution in [0.15, 0.2) is 59.5 Å². The largest absolute Gasteiger partial charge is 0.353 e. The first kappa shape index (κ1) is 20.0. The maximum absolute atomic E-state index is 12.5. The lowest BCUT2D eigenvalue weighted by Gasteiger charge is -2.33. The molecule has 1 fully saturated rings. The molecule has 6 heteroatoms. The molecular formula is C23H27N3O2S. The Labute approximate surface area is 176 Å². The monoisotopic (exact) mass is 409 g/mol. The van der Waals surface area contributed by atoms with Crippen LogP contribution in [0.25, 0.3) is 0 Å². The van der Waals surface area contributed by atoms with E-state index in [1.54, 1.807) is 16.7 Å². The Kier molecular flexibility index (Phi) is 6.52. The number of likely N-dealkylation sites (tertiary alicyclic amines) is 1. The highest BCUT2D eigenvalue weighted by atomic mass is 32.2. The van der Waals surface area contributed by atoms with Crippen LogP contribution in [0, 0.1) is 0 Å². The topological polar surface area (TPSA) is 52.7 Å². The highest BCUT2D eigenvalue weighted by Gasteiger charge is 2.25. The highest BCUT2D eigenvalue weighted by molar-refractivity contribution is 8.00. The van der Waals surface area contributed by atoms with Crippen LogP contribution >= 0.6 is 11.8 Å². The van der Waals surface area contributed by atoms with Gasteiger partial charge in [-0.05, 0) is 30.5 Å². The Balaban J connectivity index is 1.22. The molecule has 2 aromatic carbocycles. The third kappa shape index (κ3) is 5.19. The number of nitrogens with one attached hydrogen (secondary N) is 1. The van der Waals surface area contributed by atoms with E-state index in [0.717, 1.165) is 43.1 Å². The summed E-state index contributed by atoms with van der Waals surface area (Å²) < 4.78 is 0. The normalized spacial score (nSPS) is 17.8. The lowest BCUT2D eigenvalue weighted by Crippen LogP contribution is -2.45. The minimum atomic E-state index is 0.0371. The summed E-state index contributed by atoms with van der Waals surface area (Å²) in [5, 5.41) is 3.17. The summed E-state index contributed by atoms with van der Waals surface area (Å²) in [6, 6.07) is 18.7. The number of nitrogens with zero attached hydrogens (tertiary/aromatic N) is 2. The van der Waals surface area contributed by atoms with E-state index in [1.165, 1.54) is 5.56 Å². The fourth-order valence-corrected chi connectivity index (χ4v) is 4.93. The number of amides is 2. The molecule has 4 rings (SSSR count). The van der Waals surface area contributed by atoms with Gasteiger partial charge in [0.15, 0.2) is 0 Å². The number of anilines is 1. The van der Waals surface area contributed by atoms with E-state index >= 15 is 0 Å². The van der Waals surface area contributed by atoms with Crippen molar-refractivity contribution in [2.75, 3.05) is 30.3 Å². The summed E-state index contributed by atoms with van der Waals surface area (Å²) in [5.41, 5.74) is 2.26. The van der Waals surface area contributed by atoms with Gasteiger partial charge in [0.05, 0.1) is 11.4 Å². The fourth-order valence-electron chi connectivity index (χ4n) is 3.99. The van der Waals surface area contributed by atoms with Crippen molar-refractivity contribution in [3.8, 4) is 0 Å². The van der Waals surface area contributed by atoms with Crippen LogP contribution in [0.5, 0.6) is 0 Å². The molecule has 29 heavy (non-hydrogen) atoms. The minimum Gasteiger partial charge on any atom is -0.353 e. The smallest absolute Gasteiger partial charge is 0.237 e. The van der Waals surface area contributed by atoms with Gasteiger partial charge in [0, 0.05) is 43.5 Å². The molecule has 0 spiro atoms. The Bertz CT molecular complexity index is 850. The van der Waals surface area contributed by atoms with Gasteiger partial charge >= 0.3 is 0 Å². The molecule has 0 radical (unpaired) electrons. The van der Waals surface area contributed by atoms with Gasteiger partial charge in [0.2, 0.25) is 11.8 Å². The molecule has 2 aliphatic heterocycles. The number of fused-ring (bicyclic) bond motifs is 1. The Hall–Kier alpha value is -2.31. The van der Waals surface area contributed by atoms with Crippen LogP contribution < -0.4 is 10.2 Å². The zero-order chi connectivity index (χ0) is 20.1. The molecule has 5 nitrogen and oxygen atoms in total. The Morgan fingerprint density at radius 1 is 1.03 bits per heavy atom. The molecule has 2 aliphatic rings. The highest BCUT2D eigenvalue weighted by Crippen LogP contribution is 2.34. The standard InChI is InChI=1S/C23H27N3O2S/c27-22(12-15-26-20-8-4-5-9-21(20)29-17-23(26)28)24-19-10-13-25(14-11-19)16-18-6-2-1-3-7-18/h1-9,19H,10-17H2,(H,24,27). The van der Waals surface area contributed by atoms with Crippen LogP contribution in [0.2, 0.25) is 0 Å². The van der Waals surface area contributed by atoms with E-state index < -0.39 is 0 Å². The van der Waals surface area contributed by atoms with Crippen LogP contribution in [0.4, 0.5) is 5.69 Å². The zero-order valence-electron chi connectivity index (χ0n) is 16.5. The third-order valence-electron chi connectivity index (χ3n) is 5.57. The van der Waals surface area contributed by atoms with E-state index in [4.69, 9.17) is 0 Å². The predicted molar refractivity (Wildman–Crippen MR) is 117 cm³/mol. The maximum Gasteiger partial charge on any atom is 0.237 e. The zero-order valence-corrected chi connectivity index (χ0v) is 17.4. The molecule has 0 bridgehead atoms. The molecular weight excluding hydrogens is 382 g/mol. The summed E-state index contributed by atoms with van der Waals surface area (Å²) >= 11 is 1.57. The molecule has 2 amide bonds. The van der Waals surface area contributed by atoms with Crippen molar-refractivity contribution in [3.63, 3.8) is 0 Å². The second-order valence-electron chi connectivity index (χ2n) is 7.66. The number of thioether (sulfide) groups is 1. The first-order valence-electron chi connectivity index (χ1n) is 10.3. The number of carbonyl (C=O) groups excluding carboxylic acids is 2. The molecule has 0 atom stereocenters. The maximum atomic E-state index is 12.5. The Morgan fingerprint density at radius 3 is 2.55 bits per heavy atom. The summed E-state index contributed by atoms with van der Waals surface area (Å²) in [4.78, 5) is 30.1. The SMILES string of the molecule is O=C(CCN1C(=O)CSc2ccccc21)NC1CCN(Cc2ccccc2)CC1. The third-order valence-corrected chi connectivity index (χ3v) is 6.62. The quantitative estimate of drug-likeness (QED) is 0.795. The van der Waals surface area contributed by atoms with Crippen molar-refractivity contribution < 1.29 is 9.59 Å². The van der Waals surface area contributed by atoms with Crippen LogP contribution in [-0.2, 0) is 16.1 Å². The first-order chi connectivity index (χ1) is 14.2. The van der Waals surface area contributed by atoms with Crippen LogP contribution in [0.3, 0.4) is 0 Å². The molecule has 0 saturated carbocycles. The number of piperidine rings is 1. The van der Waals surface area contributed by atoms with Gasteiger partial charge in [0.25, 0.3) is 0 Å². The molecule has 0 aliphatic carbocycles. The van der Waals surface area contributed by atoms with Gasteiger partial charge in [-0.15, -0.1) is 11.8 Å². The average Bonchev–Trinajstić information content (AvgIpc) is 2.75. The first-order valence-corrected chi connectivity index (χ1v) is 11.3. The summed E-state index contributed by atoms with van der Waals surface area (Å²) in [5.74, 6) is 0.559. The molecule has 152 valence electrons. The van der Waals surface area contributed by atoms with Crippen molar-refractivity contribution in [2.24, 2.45) is 0 Å². The molecule has 2 heterocycles. The van der Waals surface area contributed by atoms with Crippen molar-refractivity contribution in [1.29, 1.82) is 0 Å². The van der Waals surface area contributed by atoms with Crippen molar-refractivity contribution in [2.45, 2.75) is 36.7 Å². The second-order valence-corrected chi connectivity index (χ2v) is 8.67. The lowest BCUT2D eigenvalue weighted by atomic mass is 10.0. The fraction of sp³-hybridized carbons (Fsp3) is 0.391. The number of hydrogen-bond acceptors (Lipinski definition) is 4. The Morgan fingerprint density at radius 2 is 1.76 bits per heavy atom. The molecule has 1 saturated heterocycles. The van der Waals surface area contributed by atoms with E-state index in [-0.39, 0.29) is 17.9 Å². The van der Waals surface area contributed by atoms with Gasteiger partial charge in [0.1, 0.15) is 0 Å². The number of carbonyl (C=O) groups is 2. The average molecular weight is 410 g/mol. The predicted octanol–water partition coefficient (Wildman–Crippen LogP) is 3.30. The molecule has 1 N–H and O–H groups in total. The summed E-state index contributed by atoms with van der Waals surface area (Å²) in [6.45, 7) is 3.40. The van der Waals surface area contributed by atoms with Gasteiger partial charge < -0.3 is 10.2 Å². The number of hydrogen-bond donors (Lipinski definition) is 1. The number of para-hydroxylation sites is 1. The van der Waals surface area contributed by atoms with Crippen LogP contribution in [0.1, 0.15) is 24.8 Å². The molecule has 2 aromatic rings. The molecule has 0 aromatic heterocycles. The lowest BCUT2D eigenvalue weighted by molar-refractivity contribution is -0.122. The van der Waals surface area contributed by atoms with Gasteiger partial charge in [-0.3, -0.25) is 14.5 Å². The van der Waals surface area contributed by atoms with E-state index in [0.29, 0.717) is 18.7 Å². The van der Waals surface area contributed by atoms with Crippen molar-refractivity contribution in [3.05, 3.63) is 60.2 Å². The second kappa shape index (κ2) is 9.46. The summed E-state index contributed by atoms with van der Waals surface area (Å²) in [7, 11) is 0. The number of benzene rings is 2. The van der Waals surface area contributed by atoms with Gasteiger partial charge in [-0.25, -0.2) is 0 Å². The minimum absolute atomic E-state index is 0.0371. The van der Waals surface area contributed by atoms with Crippen molar-refractivity contribution in [1.82, 2.24) is 10.2 Å². The van der Waals surface area contributed by atoms with E-state index in [2.05, 4.69) is 34.5 Å². The van der Waals surface area contributed by atoms with Gasteiger partial charge in [-0.2, -0.15) is 0 Å².